The van der Waals surface area contributed by atoms with Gasteiger partial charge in [0.05, 0.1) is 10.7 Å². The normalized spacial score (nSPS) is 26.0. The molecule has 1 aromatic carbocycles. The number of non-ortho nitro benzene ring substituents is 1. The first-order valence-electron chi connectivity index (χ1n) is 7.92. The van der Waals surface area contributed by atoms with Crippen LogP contribution in [0.3, 0.4) is 0 Å². The molecule has 23 heavy (non-hydrogen) atoms. The molecule has 124 valence electrons. The fourth-order valence-corrected chi connectivity index (χ4v) is 4.28. The lowest BCUT2D eigenvalue weighted by atomic mass is 9.98. The molecule has 2 atom stereocenters. The van der Waals surface area contributed by atoms with Crippen molar-refractivity contribution in [1.82, 2.24) is 10.2 Å². The third-order valence-corrected chi connectivity index (χ3v) is 5.80. The highest BCUT2D eigenvalue weighted by Gasteiger charge is 2.36. The van der Waals surface area contributed by atoms with Gasteiger partial charge in [-0.3, -0.25) is 14.9 Å². The molecular weight excluding hydrogens is 314 g/mol. The Bertz CT molecular complexity index is 581. The van der Waals surface area contributed by atoms with Gasteiger partial charge in [-0.25, -0.2) is 0 Å². The van der Waals surface area contributed by atoms with Gasteiger partial charge in [-0.1, -0.05) is 0 Å². The summed E-state index contributed by atoms with van der Waals surface area (Å²) >= 11 is 1.43. The van der Waals surface area contributed by atoms with Gasteiger partial charge in [0.1, 0.15) is 0 Å². The number of amides is 1. The van der Waals surface area contributed by atoms with E-state index in [1.807, 2.05) is 11.9 Å². The van der Waals surface area contributed by atoms with Crippen molar-refractivity contribution >= 4 is 23.4 Å². The van der Waals surface area contributed by atoms with E-state index in [4.69, 9.17) is 0 Å². The quantitative estimate of drug-likeness (QED) is 0.508. The molecule has 0 saturated carbocycles. The number of nitrogens with one attached hydrogen (secondary N) is 1. The number of rotatable bonds is 5. The maximum atomic E-state index is 12.4. The van der Waals surface area contributed by atoms with Gasteiger partial charge < -0.3 is 10.2 Å². The van der Waals surface area contributed by atoms with Gasteiger partial charge in [0.15, 0.2) is 0 Å². The number of thioether (sulfide) groups is 1. The van der Waals surface area contributed by atoms with E-state index in [-0.39, 0.29) is 11.6 Å². The second-order valence-electron chi connectivity index (χ2n) is 6.31. The van der Waals surface area contributed by atoms with E-state index in [0.717, 1.165) is 17.7 Å². The molecule has 2 heterocycles. The van der Waals surface area contributed by atoms with E-state index >= 15 is 0 Å². The van der Waals surface area contributed by atoms with Gasteiger partial charge in [0.25, 0.3) is 5.69 Å². The molecule has 2 unspecified atom stereocenters. The zero-order chi connectivity index (χ0) is 16.4. The Hall–Kier alpha value is -1.60. The minimum absolute atomic E-state index is 0.0722. The minimum Gasteiger partial charge on any atom is -0.342 e. The fourth-order valence-electron chi connectivity index (χ4n) is 3.46. The van der Waals surface area contributed by atoms with Crippen LogP contribution in [0.4, 0.5) is 5.69 Å². The number of nitrogens with zero attached hydrogens (tertiary/aromatic N) is 2. The van der Waals surface area contributed by atoms with Crippen LogP contribution in [0.5, 0.6) is 0 Å². The number of nitro groups is 1. The summed E-state index contributed by atoms with van der Waals surface area (Å²) in [6, 6.07) is 7.80. The van der Waals surface area contributed by atoms with Crippen molar-refractivity contribution in [3.05, 3.63) is 34.4 Å². The number of hydrogen-bond donors (Lipinski definition) is 1. The van der Waals surface area contributed by atoms with Crippen LogP contribution < -0.4 is 5.32 Å². The number of benzene rings is 1. The minimum atomic E-state index is -0.418. The summed E-state index contributed by atoms with van der Waals surface area (Å²) in [6.45, 7) is 0. The third-order valence-electron chi connectivity index (χ3n) is 4.80. The molecule has 2 fully saturated rings. The third kappa shape index (κ3) is 3.84. The van der Waals surface area contributed by atoms with E-state index < -0.39 is 4.92 Å². The lowest BCUT2D eigenvalue weighted by Crippen LogP contribution is -2.49. The molecular formula is C16H21N3O3S. The fraction of sp³-hybridized carbons (Fsp3) is 0.562. The molecule has 6 nitrogen and oxygen atoms in total. The number of carbonyl (C=O) groups excluding carboxylic acids is 1. The average Bonchev–Trinajstić information content (AvgIpc) is 2.90. The smallest absolute Gasteiger partial charge is 0.269 e. The molecule has 1 amide bonds. The second-order valence-corrected chi connectivity index (χ2v) is 7.36. The monoisotopic (exact) mass is 335 g/mol. The highest BCUT2D eigenvalue weighted by Crippen LogP contribution is 2.30. The second kappa shape index (κ2) is 6.88. The lowest BCUT2D eigenvalue weighted by Gasteiger charge is -2.35. The van der Waals surface area contributed by atoms with Crippen molar-refractivity contribution in [3.63, 3.8) is 0 Å². The van der Waals surface area contributed by atoms with Crippen LogP contribution in [0.25, 0.3) is 0 Å². The number of piperidine rings is 1. The topological polar surface area (TPSA) is 75.5 Å². The molecule has 2 bridgehead atoms. The Morgan fingerprint density at radius 3 is 2.48 bits per heavy atom. The standard InChI is InChI=1S/C16H21N3O3S/c1-18(14-8-11-2-3-12(9-14)17-11)16(20)10-23-15-6-4-13(5-7-15)19(21)22/h4-7,11-12,14,17H,2-3,8-10H2,1H3. The summed E-state index contributed by atoms with van der Waals surface area (Å²) < 4.78 is 0. The van der Waals surface area contributed by atoms with Gasteiger partial charge in [0, 0.05) is 42.2 Å². The Morgan fingerprint density at radius 2 is 1.91 bits per heavy atom. The number of nitro benzene ring substituents is 1. The molecule has 0 spiro atoms. The first-order chi connectivity index (χ1) is 11.0. The summed E-state index contributed by atoms with van der Waals surface area (Å²) in [5.74, 6) is 0.493. The van der Waals surface area contributed by atoms with Gasteiger partial charge in [-0.15, -0.1) is 11.8 Å². The summed E-state index contributed by atoms with van der Waals surface area (Å²) in [7, 11) is 1.90. The Labute approximate surface area is 139 Å². The first kappa shape index (κ1) is 16.3. The molecule has 0 radical (unpaired) electrons. The van der Waals surface area contributed by atoms with Crippen LogP contribution in [-0.4, -0.2) is 46.7 Å². The van der Waals surface area contributed by atoms with Gasteiger partial charge in [-0.2, -0.15) is 0 Å². The summed E-state index contributed by atoms with van der Waals surface area (Å²) in [4.78, 5) is 25.4. The molecule has 2 aliphatic rings. The van der Waals surface area contributed by atoms with Crippen LogP contribution >= 0.6 is 11.8 Å². The van der Waals surface area contributed by atoms with Crippen LogP contribution in [0.15, 0.2) is 29.2 Å². The van der Waals surface area contributed by atoms with Crippen molar-refractivity contribution < 1.29 is 9.72 Å². The molecule has 2 aliphatic heterocycles. The zero-order valence-corrected chi connectivity index (χ0v) is 13.9. The summed E-state index contributed by atoms with van der Waals surface area (Å²) in [6.07, 6.45) is 4.53. The Balaban J connectivity index is 1.51. The van der Waals surface area contributed by atoms with Gasteiger partial charge in [0.2, 0.25) is 5.91 Å². The number of carbonyl (C=O) groups is 1. The van der Waals surface area contributed by atoms with Crippen LogP contribution in [0, 0.1) is 10.1 Å². The largest absolute Gasteiger partial charge is 0.342 e. The van der Waals surface area contributed by atoms with Crippen molar-refractivity contribution in [2.45, 2.75) is 48.7 Å². The van der Waals surface area contributed by atoms with Gasteiger partial charge in [-0.05, 0) is 37.8 Å². The van der Waals surface area contributed by atoms with Crippen LogP contribution in [0.1, 0.15) is 25.7 Å². The molecule has 3 rings (SSSR count). The average molecular weight is 335 g/mol. The lowest BCUT2D eigenvalue weighted by molar-refractivity contribution is -0.384. The van der Waals surface area contributed by atoms with E-state index in [0.29, 0.717) is 23.9 Å². The van der Waals surface area contributed by atoms with Crippen molar-refractivity contribution in [3.8, 4) is 0 Å². The number of fused-ring (bicyclic) bond motifs is 2. The summed E-state index contributed by atoms with van der Waals surface area (Å²) in [5.41, 5.74) is 0.0722. The maximum absolute atomic E-state index is 12.4. The van der Waals surface area contributed by atoms with Crippen molar-refractivity contribution in [2.75, 3.05) is 12.8 Å². The Kier molecular flexibility index (Phi) is 4.87. The van der Waals surface area contributed by atoms with Gasteiger partial charge >= 0.3 is 0 Å². The Morgan fingerprint density at radius 1 is 1.30 bits per heavy atom. The summed E-state index contributed by atoms with van der Waals surface area (Å²) in [5, 5.41) is 14.2. The highest BCUT2D eigenvalue weighted by atomic mass is 32.2. The molecule has 1 N–H and O–H groups in total. The molecule has 1 aromatic rings. The highest BCUT2D eigenvalue weighted by molar-refractivity contribution is 8.00. The van der Waals surface area contributed by atoms with Crippen LogP contribution in [-0.2, 0) is 4.79 Å². The predicted molar refractivity (Wildman–Crippen MR) is 89.6 cm³/mol. The molecule has 7 heteroatoms. The van der Waals surface area contributed by atoms with Crippen LogP contribution in [0.2, 0.25) is 0 Å². The molecule has 2 saturated heterocycles. The molecule has 0 aliphatic carbocycles. The van der Waals surface area contributed by atoms with E-state index in [9.17, 15) is 14.9 Å². The first-order valence-corrected chi connectivity index (χ1v) is 8.90. The van der Waals surface area contributed by atoms with Crippen molar-refractivity contribution in [2.24, 2.45) is 0 Å². The van der Waals surface area contributed by atoms with Crippen molar-refractivity contribution in [1.29, 1.82) is 0 Å². The molecule has 0 aromatic heterocycles. The van der Waals surface area contributed by atoms with E-state index in [2.05, 4.69) is 5.32 Å². The number of hydrogen-bond acceptors (Lipinski definition) is 5. The predicted octanol–water partition coefficient (Wildman–Crippen LogP) is 2.43. The van der Waals surface area contributed by atoms with E-state index in [1.165, 1.54) is 36.7 Å². The maximum Gasteiger partial charge on any atom is 0.269 e. The SMILES string of the molecule is CN(C(=O)CSc1ccc([N+](=O)[O-])cc1)C1CC2CCC(C1)N2. The zero-order valence-electron chi connectivity index (χ0n) is 13.1. The van der Waals surface area contributed by atoms with E-state index in [1.54, 1.807) is 12.1 Å².